The zero-order chi connectivity index (χ0) is 14.6. The van der Waals surface area contributed by atoms with Crippen molar-refractivity contribution in [2.75, 3.05) is 39.8 Å². The first kappa shape index (κ1) is 18.8. The lowest BCUT2D eigenvalue weighted by molar-refractivity contribution is -0.143. The molecule has 1 saturated carbocycles. The highest BCUT2D eigenvalue weighted by molar-refractivity contribution is 14.0. The van der Waals surface area contributed by atoms with E-state index in [0.717, 1.165) is 24.8 Å². The van der Waals surface area contributed by atoms with Gasteiger partial charge in [0.15, 0.2) is 5.96 Å². The van der Waals surface area contributed by atoms with Gasteiger partial charge >= 0.3 is 6.18 Å². The summed E-state index contributed by atoms with van der Waals surface area (Å²) in [4.78, 5) is 5.61. The highest BCUT2D eigenvalue weighted by atomic mass is 127. The number of nitrogens with zero attached hydrogens (tertiary/aromatic N) is 2. The predicted molar refractivity (Wildman–Crippen MR) is 88.1 cm³/mol. The van der Waals surface area contributed by atoms with Crippen LogP contribution in [0.15, 0.2) is 4.99 Å². The number of nitrogens with one attached hydrogen (secondary N) is 2. The summed E-state index contributed by atoms with van der Waals surface area (Å²) in [6.45, 7) is 1.85. The Labute approximate surface area is 141 Å². The highest BCUT2D eigenvalue weighted by Gasteiger charge is 2.34. The molecule has 0 amide bonds. The third-order valence-electron chi connectivity index (χ3n) is 3.81. The van der Waals surface area contributed by atoms with Gasteiger partial charge in [0.1, 0.15) is 0 Å². The number of hydrogen-bond acceptors (Lipinski definition) is 2. The summed E-state index contributed by atoms with van der Waals surface area (Å²) >= 11 is 0. The Hall–Kier alpha value is -0.250. The monoisotopic (exact) mass is 420 g/mol. The summed E-state index contributed by atoms with van der Waals surface area (Å²) < 4.78 is 36.9. The molecule has 0 aromatic rings. The number of guanidine groups is 1. The van der Waals surface area contributed by atoms with E-state index in [1.54, 1.807) is 7.05 Å². The molecule has 0 aromatic carbocycles. The first-order valence-corrected chi connectivity index (χ1v) is 7.20. The van der Waals surface area contributed by atoms with Crippen molar-refractivity contribution < 1.29 is 13.2 Å². The molecule has 21 heavy (non-hydrogen) atoms. The molecule has 2 rings (SSSR count). The minimum Gasteiger partial charge on any atom is -0.356 e. The summed E-state index contributed by atoms with van der Waals surface area (Å²) in [5.41, 5.74) is 0. The van der Waals surface area contributed by atoms with Crippen LogP contribution >= 0.6 is 24.0 Å². The van der Waals surface area contributed by atoms with Crippen LogP contribution in [0.2, 0.25) is 0 Å². The van der Waals surface area contributed by atoms with Gasteiger partial charge in [0.05, 0.1) is 6.54 Å². The van der Waals surface area contributed by atoms with E-state index >= 15 is 0 Å². The molecule has 1 saturated heterocycles. The Morgan fingerprint density at radius 2 is 1.76 bits per heavy atom. The molecule has 1 atom stereocenters. The third kappa shape index (κ3) is 7.53. The Kier molecular flexibility index (Phi) is 7.52. The molecule has 124 valence electrons. The van der Waals surface area contributed by atoms with E-state index in [1.165, 1.54) is 17.7 Å². The summed E-state index contributed by atoms with van der Waals surface area (Å²) in [7, 11) is 1.72. The fourth-order valence-corrected chi connectivity index (χ4v) is 2.50. The van der Waals surface area contributed by atoms with Crippen molar-refractivity contribution in [2.24, 2.45) is 16.8 Å². The van der Waals surface area contributed by atoms with E-state index in [9.17, 15) is 13.2 Å². The number of likely N-dealkylation sites (tertiary alicyclic amines) is 1. The Morgan fingerprint density at radius 1 is 1.14 bits per heavy atom. The Bertz CT molecular complexity index is 345. The Morgan fingerprint density at radius 3 is 2.29 bits per heavy atom. The van der Waals surface area contributed by atoms with Gasteiger partial charge in [0.25, 0.3) is 0 Å². The van der Waals surface area contributed by atoms with E-state index < -0.39 is 12.7 Å². The molecule has 0 bridgehead atoms. The molecule has 2 aliphatic rings. The lowest BCUT2D eigenvalue weighted by atomic mass is 10.1. The van der Waals surface area contributed by atoms with Gasteiger partial charge in [-0.1, -0.05) is 0 Å². The molecule has 1 aliphatic heterocycles. The SMILES string of the molecule is CN=C(NCC1CC1)NCC1CCN(CC(F)(F)F)C1.I. The van der Waals surface area contributed by atoms with E-state index in [1.807, 2.05) is 0 Å². The van der Waals surface area contributed by atoms with Gasteiger partial charge < -0.3 is 10.6 Å². The Balaban J connectivity index is 0.00000220. The second-order valence-electron chi connectivity index (χ2n) is 5.78. The van der Waals surface area contributed by atoms with Crippen molar-refractivity contribution in [1.82, 2.24) is 15.5 Å². The summed E-state index contributed by atoms with van der Waals surface area (Å²) in [5.74, 6) is 1.78. The molecule has 8 heteroatoms. The quantitative estimate of drug-likeness (QED) is 0.407. The van der Waals surface area contributed by atoms with Crippen molar-refractivity contribution in [1.29, 1.82) is 0 Å². The van der Waals surface area contributed by atoms with Gasteiger partial charge in [0, 0.05) is 26.7 Å². The van der Waals surface area contributed by atoms with Crippen molar-refractivity contribution in [2.45, 2.75) is 25.4 Å². The highest BCUT2D eigenvalue weighted by Crippen LogP contribution is 2.27. The maximum Gasteiger partial charge on any atom is 0.401 e. The summed E-state index contributed by atoms with van der Waals surface area (Å²) in [5, 5.41) is 6.46. The molecule has 0 spiro atoms. The third-order valence-corrected chi connectivity index (χ3v) is 3.81. The van der Waals surface area contributed by atoms with Crippen molar-refractivity contribution in [3.63, 3.8) is 0 Å². The summed E-state index contributed by atoms with van der Waals surface area (Å²) in [6.07, 6.45) is -0.731. The number of hydrogen-bond donors (Lipinski definition) is 2. The number of aliphatic imine (C=N–C) groups is 1. The maximum atomic E-state index is 12.3. The first-order chi connectivity index (χ1) is 9.46. The van der Waals surface area contributed by atoms with Gasteiger partial charge in [-0.2, -0.15) is 13.2 Å². The maximum absolute atomic E-state index is 12.3. The molecule has 2 N–H and O–H groups in total. The van der Waals surface area contributed by atoms with Crippen LogP contribution in [0.3, 0.4) is 0 Å². The molecule has 4 nitrogen and oxygen atoms in total. The zero-order valence-corrected chi connectivity index (χ0v) is 14.6. The molecule has 1 aliphatic carbocycles. The van der Waals surface area contributed by atoms with Crippen LogP contribution in [-0.4, -0.2) is 56.8 Å². The van der Waals surface area contributed by atoms with Crippen molar-refractivity contribution >= 4 is 29.9 Å². The second-order valence-corrected chi connectivity index (χ2v) is 5.78. The van der Waals surface area contributed by atoms with E-state index in [0.29, 0.717) is 19.6 Å². The molecule has 1 heterocycles. The topological polar surface area (TPSA) is 39.7 Å². The summed E-state index contributed by atoms with van der Waals surface area (Å²) in [6, 6.07) is 0. The largest absolute Gasteiger partial charge is 0.401 e. The lowest BCUT2D eigenvalue weighted by Crippen LogP contribution is -2.41. The van der Waals surface area contributed by atoms with Gasteiger partial charge in [0.2, 0.25) is 0 Å². The van der Waals surface area contributed by atoms with Gasteiger partial charge in [-0.25, -0.2) is 0 Å². The van der Waals surface area contributed by atoms with Gasteiger partial charge in [-0.3, -0.25) is 9.89 Å². The van der Waals surface area contributed by atoms with E-state index in [2.05, 4.69) is 15.6 Å². The normalized spacial score (nSPS) is 23.8. The van der Waals surface area contributed by atoms with Crippen LogP contribution in [0.25, 0.3) is 0 Å². The van der Waals surface area contributed by atoms with Crippen LogP contribution in [0.1, 0.15) is 19.3 Å². The van der Waals surface area contributed by atoms with Crippen LogP contribution in [0.5, 0.6) is 0 Å². The van der Waals surface area contributed by atoms with Crippen LogP contribution in [-0.2, 0) is 0 Å². The smallest absolute Gasteiger partial charge is 0.356 e. The minimum absolute atomic E-state index is 0. The predicted octanol–water partition coefficient (Wildman–Crippen LogP) is 2.06. The molecular weight excluding hydrogens is 396 g/mol. The lowest BCUT2D eigenvalue weighted by Gasteiger charge is -2.18. The van der Waals surface area contributed by atoms with Crippen LogP contribution in [0.4, 0.5) is 13.2 Å². The first-order valence-electron chi connectivity index (χ1n) is 7.20. The number of rotatable bonds is 5. The molecule has 0 radical (unpaired) electrons. The minimum atomic E-state index is -4.09. The number of alkyl halides is 3. The average Bonchev–Trinajstić information content (AvgIpc) is 3.09. The molecule has 0 aromatic heterocycles. The van der Waals surface area contributed by atoms with Gasteiger partial charge in [-0.05, 0) is 37.6 Å². The average molecular weight is 420 g/mol. The van der Waals surface area contributed by atoms with Crippen molar-refractivity contribution in [3.8, 4) is 0 Å². The van der Waals surface area contributed by atoms with Crippen molar-refractivity contribution in [3.05, 3.63) is 0 Å². The van der Waals surface area contributed by atoms with E-state index in [4.69, 9.17) is 0 Å². The number of halogens is 4. The standard InChI is InChI=1S/C13H23F3N4.HI/c1-17-12(18-6-10-2-3-10)19-7-11-4-5-20(8-11)9-13(14,15)16;/h10-11H,2-9H2,1H3,(H2,17,18,19);1H. The molecule has 2 fully saturated rings. The fourth-order valence-electron chi connectivity index (χ4n) is 2.50. The molecule has 1 unspecified atom stereocenters. The van der Waals surface area contributed by atoms with Crippen LogP contribution < -0.4 is 10.6 Å². The van der Waals surface area contributed by atoms with Gasteiger partial charge in [-0.15, -0.1) is 24.0 Å². The van der Waals surface area contributed by atoms with E-state index in [-0.39, 0.29) is 29.9 Å². The fraction of sp³-hybridized carbons (Fsp3) is 0.923. The zero-order valence-electron chi connectivity index (χ0n) is 12.2. The van der Waals surface area contributed by atoms with Crippen LogP contribution in [0, 0.1) is 11.8 Å². The second kappa shape index (κ2) is 8.40. The molecular formula is C13H24F3IN4.